The zero-order valence-electron chi connectivity index (χ0n) is 22.2. The van der Waals surface area contributed by atoms with Gasteiger partial charge in [-0.3, -0.25) is 14.6 Å². The molecule has 10 heteroatoms. The van der Waals surface area contributed by atoms with Crippen LogP contribution in [-0.2, 0) is 34.0 Å². The minimum absolute atomic E-state index is 0.0172. The number of carbonyl (C=O) groups excluding carboxylic acids is 2. The van der Waals surface area contributed by atoms with Gasteiger partial charge in [-0.05, 0) is 61.2 Å². The molecule has 0 unspecified atom stereocenters. The quantitative estimate of drug-likeness (QED) is 0.465. The molecule has 10 nitrogen and oxygen atoms in total. The van der Waals surface area contributed by atoms with Gasteiger partial charge in [-0.15, -0.1) is 5.10 Å². The second-order valence-corrected chi connectivity index (χ2v) is 10.6. The predicted octanol–water partition coefficient (Wildman–Crippen LogP) is 3.01. The van der Waals surface area contributed by atoms with Crippen LogP contribution in [0, 0.1) is 0 Å². The van der Waals surface area contributed by atoms with Gasteiger partial charge in [0.1, 0.15) is 0 Å². The van der Waals surface area contributed by atoms with Gasteiger partial charge in [-0.2, -0.15) is 0 Å². The molecular formula is C29H34N6O4. The molecule has 0 spiro atoms. The van der Waals surface area contributed by atoms with E-state index in [4.69, 9.17) is 9.47 Å². The fraction of sp³-hybridized carbons (Fsp3) is 0.448. The van der Waals surface area contributed by atoms with Crippen molar-refractivity contribution in [1.82, 2.24) is 24.8 Å². The average Bonchev–Trinajstić information content (AvgIpc) is 3.73. The van der Waals surface area contributed by atoms with Crippen LogP contribution in [0.4, 0.5) is 5.69 Å². The van der Waals surface area contributed by atoms with Crippen LogP contribution in [0.1, 0.15) is 52.5 Å². The Balaban J connectivity index is 1.17. The van der Waals surface area contributed by atoms with Gasteiger partial charge in [0.25, 0.3) is 0 Å². The molecule has 3 aliphatic rings. The fourth-order valence-corrected chi connectivity index (χ4v) is 6.07. The van der Waals surface area contributed by atoms with Gasteiger partial charge in [0.15, 0.2) is 5.69 Å². The molecule has 0 saturated carbocycles. The van der Waals surface area contributed by atoms with Gasteiger partial charge in [-0.25, -0.2) is 9.48 Å². The highest BCUT2D eigenvalue weighted by molar-refractivity contribution is 5.95. The number of nitrogens with one attached hydrogen (secondary N) is 1. The SMILES string of the molecule is COC(=O)c1cn([C@@H]2C[C@@H](C(=O)Nc3ccc4c(c3)COC4)N(C3CCN(Cc4ccccc4)CC3)C2)nn1. The van der Waals surface area contributed by atoms with Gasteiger partial charge in [-0.1, -0.05) is 41.6 Å². The monoisotopic (exact) mass is 530 g/mol. The number of nitrogens with zero attached hydrogens (tertiary/aromatic N) is 5. The van der Waals surface area contributed by atoms with Gasteiger partial charge in [0.2, 0.25) is 5.91 Å². The summed E-state index contributed by atoms with van der Waals surface area (Å²) in [5, 5.41) is 11.4. The number of benzene rings is 2. The van der Waals surface area contributed by atoms with E-state index in [1.807, 2.05) is 24.3 Å². The molecule has 4 heterocycles. The first-order chi connectivity index (χ1) is 19.1. The minimum Gasteiger partial charge on any atom is -0.464 e. The number of piperidine rings is 1. The Morgan fingerprint density at radius 2 is 1.85 bits per heavy atom. The van der Waals surface area contributed by atoms with Gasteiger partial charge < -0.3 is 14.8 Å². The minimum atomic E-state index is -0.517. The smallest absolute Gasteiger partial charge is 0.360 e. The standard InChI is InChI=1S/C29H34N6O4/c1-38-29(37)26-17-35(32-31-26)25-14-27(28(36)30-23-8-7-21-18-39-19-22(21)13-23)34(16-25)24-9-11-33(12-10-24)15-20-5-3-2-4-6-20/h2-8,13,17,24-25,27H,9-12,14-16,18-19H2,1H3,(H,30,36)/t25-,27+/m1/s1. The third kappa shape index (κ3) is 5.59. The number of ether oxygens (including phenoxy) is 2. The van der Waals surface area contributed by atoms with Gasteiger partial charge in [0.05, 0.1) is 38.6 Å². The lowest BCUT2D eigenvalue weighted by molar-refractivity contribution is -0.121. The highest BCUT2D eigenvalue weighted by Crippen LogP contribution is 2.33. The van der Waals surface area contributed by atoms with Crippen molar-refractivity contribution in [2.45, 2.75) is 57.1 Å². The summed E-state index contributed by atoms with van der Waals surface area (Å²) in [5.74, 6) is -0.534. The van der Waals surface area contributed by atoms with Crippen molar-refractivity contribution in [2.24, 2.45) is 0 Å². The van der Waals surface area contributed by atoms with E-state index in [0.29, 0.717) is 26.2 Å². The first kappa shape index (κ1) is 25.7. The summed E-state index contributed by atoms with van der Waals surface area (Å²) in [6.45, 7) is 4.77. The maximum Gasteiger partial charge on any atom is 0.360 e. The number of methoxy groups -OCH3 is 1. The van der Waals surface area contributed by atoms with E-state index in [1.54, 1.807) is 10.9 Å². The average molecular weight is 531 g/mol. The molecule has 0 aliphatic carbocycles. The summed E-state index contributed by atoms with van der Waals surface area (Å²) < 4.78 is 12.0. The lowest BCUT2D eigenvalue weighted by Gasteiger charge is -2.39. The molecule has 2 fully saturated rings. The molecule has 0 radical (unpaired) electrons. The van der Waals surface area contributed by atoms with Crippen molar-refractivity contribution in [3.8, 4) is 0 Å². The number of amides is 1. The largest absolute Gasteiger partial charge is 0.464 e. The lowest BCUT2D eigenvalue weighted by atomic mass is 10.0. The van der Waals surface area contributed by atoms with Crippen molar-refractivity contribution >= 4 is 17.6 Å². The second-order valence-electron chi connectivity index (χ2n) is 10.6. The van der Waals surface area contributed by atoms with Crippen LogP contribution in [0.5, 0.6) is 0 Å². The zero-order valence-corrected chi connectivity index (χ0v) is 22.2. The first-order valence-electron chi connectivity index (χ1n) is 13.6. The Bertz CT molecular complexity index is 1320. The Morgan fingerprint density at radius 3 is 2.64 bits per heavy atom. The van der Waals surface area contributed by atoms with Crippen LogP contribution in [-0.4, -0.2) is 75.5 Å². The zero-order chi connectivity index (χ0) is 26.8. The molecule has 6 rings (SSSR count). The summed E-state index contributed by atoms with van der Waals surface area (Å²) >= 11 is 0. The van der Waals surface area contributed by atoms with Gasteiger partial charge in [0, 0.05) is 24.8 Å². The van der Waals surface area contributed by atoms with E-state index in [2.05, 4.69) is 49.7 Å². The molecule has 204 valence electrons. The number of fused-ring (bicyclic) bond motifs is 1. The van der Waals surface area contributed by atoms with Crippen molar-refractivity contribution in [1.29, 1.82) is 0 Å². The Labute approximate surface area is 227 Å². The van der Waals surface area contributed by atoms with E-state index < -0.39 is 5.97 Å². The van der Waals surface area contributed by atoms with Crippen LogP contribution in [0.3, 0.4) is 0 Å². The number of likely N-dealkylation sites (tertiary alicyclic amines) is 2. The van der Waals surface area contributed by atoms with Crippen LogP contribution in [0.15, 0.2) is 54.7 Å². The summed E-state index contributed by atoms with van der Waals surface area (Å²) in [5.41, 5.74) is 4.58. The van der Waals surface area contributed by atoms with E-state index in [1.165, 1.54) is 18.2 Å². The van der Waals surface area contributed by atoms with E-state index in [9.17, 15) is 9.59 Å². The molecule has 2 atom stereocenters. The predicted molar refractivity (Wildman–Crippen MR) is 144 cm³/mol. The summed E-state index contributed by atoms with van der Waals surface area (Å²) in [4.78, 5) is 30.5. The number of hydrogen-bond donors (Lipinski definition) is 1. The summed E-state index contributed by atoms with van der Waals surface area (Å²) in [6.07, 6.45) is 4.20. The van der Waals surface area contributed by atoms with Crippen LogP contribution < -0.4 is 5.32 Å². The van der Waals surface area contributed by atoms with Crippen molar-refractivity contribution in [3.05, 3.63) is 77.1 Å². The van der Waals surface area contributed by atoms with Crippen molar-refractivity contribution in [2.75, 3.05) is 32.1 Å². The molecule has 39 heavy (non-hydrogen) atoms. The van der Waals surface area contributed by atoms with Gasteiger partial charge >= 0.3 is 5.97 Å². The number of anilines is 1. The third-order valence-electron chi connectivity index (χ3n) is 8.16. The normalized spacial score (nSPS) is 22.1. The fourth-order valence-electron chi connectivity index (χ4n) is 6.07. The van der Waals surface area contributed by atoms with E-state index >= 15 is 0 Å². The number of aromatic nitrogens is 3. The first-order valence-corrected chi connectivity index (χ1v) is 13.6. The highest BCUT2D eigenvalue weighted by Gasteiger charge is 2.42. The topological polar surface area (TPSA) is 102 Å². The molecule has 3 aliphatic heterocycles. The molecule has 0 bridgehead atoms. The lowest BCUT2D eigenvalue weighted by Crippen LogP contribution is -2.50. The number of rotatable bonds is 7. The summed E-state index contributed by atoms with van der Waals surface area (Å²) in [7, 11) is 1.33. The third-order valence-corrected chi connectivity index (χ3v) is 8.16. The number of carbonyl (C=O) groups is 2. The van der Waals surface area contributed by atoms with Crippen molar-refractivity contribution in [3.63, 3.8) is 0 Å². The number of esters is 1. The molecule has 1 N–H and O–H groups in total. The van der Waals surface area contributed by atoms with E-state index in [0.717, 1.165) is 43.7 Å². The second kappa shape index (κ2) is 11.3. The maximum atomic E-state index is 13.7. The summed E-state index contributed by atoms with van der Waals surface area (Å²) in [6, 6.07) is 16.5. The Morgan fingerprint density at radius 1 is 1.05 bits per heavy atom. The van der Waals surface area contributed by atoms with Crippen LogP contribution in [0.2, 0.25) is 0 Å². The molecule has 3 aromatic rings. The molecule has 2 saturated heterocycles. The molecule has 2 aromatic carbocycles. The van der Waals surface area contributed by atoms with E-state index in [-0.39, 0.29) is 29.7 Å². The number of hydrogen-bond acceptors (Lipinski definition) is 8. The molecule has 1 aromatic heterocycles. The Kier molecular flexibility index (Phi) is 7.40. The Hall–Kier alpha value is -3.60. The van der Waals surface area contributed by atoms with Crippen LogP contribution in [0.25, 0.3) is 0 Å². The van der Waals surface area contributed by atoms with Crippen LogP contribution >= 0.6 is 0 Å². The highest BCUT2D eigenvalue weighted by atomic mass is 16.5. The van der Waals surface area contributed by atoms with Crippen molar-refractivity contribution < 1.29 is 19.1 Å². The molecule has 1 amide bonds. The maximum absolute atomic E-state index is 13.7. The molecular weight excluding hydrogens is 496 g/mol.